The molecule has 2 aromatic heterocycles. The summed E-state index contributed by atoms with van der Waals surface area (Å²) < 4.78 is 1.80. The first-order valence-corrected chi connectivity index (χ1v) is 9.75. The summed E-state index contributed by atoms with van der Waals surface area (Å²) in [5.74, 6) is 0.465. The predicted octanol–water partition coefficient (Wildman–Crippen LogP) is 1.71. The van der Waals surface area contributed by atoms with Crippen molar-refractivity contribution in [3.8, 4) is 0 Å². The summed E-state index contributed by atoms with van der Waals surface area (Å²) in [6.45, 7) is 8.11. The summed E-state index contributed by atoms with van der Waals surface area (Å²) in [5.41, 5.74) is 2.42. The number of amides is 2. The van der Waals surface area contributed by atoms with E-state index in [4.69, 9.17) is 5.10 Å². The lowest BCUT2D eigenvalue weighted by Crippen LogP contribution is -2.33. The lowest BCUT2D eigenvalue weighted by atomic mass is 10.0. The van der Waals surface area contributed by atoms with E-state index in [-0.39, 0.29) is 23.7 Å². The highest BCUT2D eigenvalue weighted by Crippen LogP contribution is 2.31. The van der Waals surface area contributed by atoms with Gasteiger partial charge in [-0.15, -0.1) is 0 Å². The van der Waals surface area contributed by atoms with Crippen LogP contribution in [0.15, 0.2) is 12.4 Å². The van der Waals surface area contributed by atoms with E-state index in [1.54, 1.807) is 17.1 Å². The van der Waals surface area contributed by atoms with Crippen molar-refractivity contribution in [2.24, 2.45) is 5.92 Å². The number of nitrogens with one attached hydrogen (secondary N) is 1. The van der Waals surface area contributed by atoms with Crippen LogP contribution in [0.3, 0.4) is 0 Å². The fraction of sp³-hybridized carbons (Fsp3) is 0.632. The van der Waals surface area contributed by atoms with Gasteiger partial charge in [0.25, 0.3) is 0 Å². The van der Waals surface area contributed by atoms with Crippen molar-refractivity contribution >= 4 is 23.0 Å². The standard InChI is InChI=1S/C19H28N6O2/c1-4-14(5-2)19(27)24-10-6-15(12-24)16-17-18(22-8-7-21-17)25(23-16)11-9-20-13(3)26/h7-8,14-15H,4-6,9-12H2,1-3H3,(H,20,26). The fourth-order valence-electron chi connectivity index (χ4n) is 3.77. The summed E-state index contributed by atoms with van der Waals surface area (Å²) in [6.07, 6.45) is 5.97. The minimum atomic E-state index is -0.0656. The van der Waals surface area contributed by atoms with Crippen molar-refractivity contribution in [3.63, 3.8) is 0 Å². The molecule has 0 saturated carbocycles. The van der Waals surface area contributed by atoms with Crippen LogP contribution in [0.5, 0.6) is 0 Å². The van der Waals surface area contributed by atoms with Crippen molar-refractivity contribution in [3.05, 3.63) is 18.1 Å². The molecule has 2 amide bonds. The summed E-state index contributed by atoms with van der Waals surface area (Å²) in [4.78, 5) is 34.7. The lowest BCUT2D eigenvalue weighted by molar-refractivity contribution is -0.134. The summed E-state index contributed by atoms with van der Waals surface area (Å²) in [6, 6.07) is 0. The van der Waals surface area contributed by atoms with Crippen molar-refractivity contribution in [2.45, 2.75) is 52.5 Å². The highest BCUT2D eigenvalue weighted by molar-refractivity contribution is 5.79. The van der Waals surface area contributed by atoms with Crippen LogP contribution in [0, 0.1) is 5.92 Å². The second-order valence-electron chi connectivity index (χ2n) is 7.10. The third-order valence-electron chi connectivity index (χ3n) is 5.31. The van der Waals surface area contributed by atoms with Crippen LogP contribution in [0.1, 0.15) is 51.6 Å². The van der Waals surface area contributed by atoms with Gasteiger partial charge in [0, 0.05) is 50.8 Å². The second-order valence-corrected chi connectivity index (χ2v) is 7.10. The monoisotopic (exact) mass is 372 g/mol. The lowest BCUT2D eigenvalue weighted by Gasteiger charge is -2.21. The van der Waals surface area contributed by atoms with Gasteiger partial charge in [0.1, 0.15) is 5.52 Å². The van der Waals surface area contributed by atoms with Gasteiger partial charge in [-0.25, -0.2) is 14.6 Å². The Bertz CT molecular complexity index is 814. The Morgan fingerprint density at radius 1 is 1.26 bits per heavy atom. The van der Waals surface area contributed by atoms with Crippen LogP contribution >= 0.6 is 0 Å². The zero-order chi connectivity index (χ0) is 19.4. The number of fused-ring (bicyclic) bond motifs is 1. The van der Waals surface area contributed by atoms with Crippen LogP contribution in [-0.2, 0) is 16.1 Å². The Labute approximate surface area is 159 Å². The molecule has 8 nitrogen and oxygen atoms in total. The molecule has 146 valence electrons. The molecule has 0 aromatic carbocycles. The van der Waals surface area contributed by atoms with Gasteiger partial charge in [0.2, 0.25) is 11.8 Å². The molecule has 0 radical (unpaired) electrons. The molecule has 1 fully saturated rings. The molecule has 1 aliphatic rings. The van der Waals surface area contributed by atoms with Crippen molar-refractivity contribution < 1.29 is 9.59 Å². The number of nitrogens with zero attached hydrogens (tertiary/aromatic N) is 5. The molecular formula is C19H28N6O2. The van der Waals surface area contributed by atoms with E-state index in [0.29, 0.717) is 19.6 Å². The number of likely N-dealkylation sites (tertiary alicyclic amines) is 1. The maximum absolute atomic E-state index is 12.7. The molecular weight excluding hydrogens is 344 g/mol. The molecule has 1 atom stereocenters. The Morgan fingerprint density at radius 2 is 2.00 bits per heavy atom. The van der Waals surface area contributed by atoms with Crippen molar-refractivity contribution in [2.75, 3.05) is 19.6 Å². The zero-order valence-electron chi connectivity index (χ0n) is 16.3. The average molecular weight is 372 g/mol. The molecule has 1 saturated heterocycles. The predicted molar refractivity (Wildman–Crippen MR) is 102 cm³/mol. The largest absolute Gasteiger partial charge is 0.354 e. The van der Waals surface area contributed by atoms with Gasteiger partial charge >= 0.3 is 0 Å². The zero-order valence-corrected chi connectivity index (χ0v) is 16.3. The third-order valence-corrected chi connectivity index (χ3v) is 5.31. The molecule has 27 heavy (non-hydrogen) atoms. The number of carbonyl (C=O) groups is 2. The van der Waals surface area contributed by atoms with Gasteiger partial charge in [-0.3, -0.25) is 9.59 Å². The molecule has 0 aliphatic carbocycles. The molecule has 2 aromatic rings. The van der Waals surface area contributed by atoms with E-state index in [2.05, 4.69) is 29.1 Å². The van der Waals surface area contributed by atoms with Gasteiger partial charge in [-0.05, 0) is 19.3 Å². The minimum absolute atomic E-state index is 0.0656. The van der Waals surface area contributed by atoms with E-state index < -0.39 is 0 Å². The van der Waals surface area contributed by atoms with Gasteiger partial charge in [0.05, 0.1) is 12.2 Å². The van der Waals surface area contributed by atoms with Crippen LogP contribution in [-0.4, -0.2) is 56.1 Å². The first-order chi connectivity index (χ1) is 13.0. The maximum atomic E-state index is 12.7. The normalized spacial score (nSPS) is 17.0. The number of rotatable bonds is 7. The Hall–Kier alpha value is -2.51. The third kappa shape index (κ3) is 4.09. The van der Waals surface area contributed by atoms with Crippen LogP contribution in [0.25, 0.3) is 11.2 Å². The van der Waals surface area contributed by atoms with Crippen LogP contribution in [0.2, 0.25) is 0 Å². The number of hydrogen-bond donors (Lipinski definition) is 1. The minimum Gasteiger partial charge on any atom is -0.354 e. The molecule has 8 heteroatoms. The second kappa shape index (κ2) is 8.45. The highest BCUT2D eigenvalue weighted by atomic mass is 16.2. The molecule has 0 bridgehead atoms. The first kappa shape index (κ1) is 19.3. The highest BCUT2D eigenvalue weighted by Gasteiger charge is 2.33. The van der Waals surface area contributed by atoms with Crippen molar-refractivity contribution in [1.82, 2.24) is 30.0 Å². The Morgan fingerprint density at radius 3 is 2.70 bits per heavy atom. The van der Waals surface area contributed by atoms with Gasteiger partial charge in [-0.2, -0.15) is 5.10 Å². The first-order valence-electron chi connectivity index (χ1n) is 9.75. The topological polar surface area (TPSA) is 93.0 Å². The van der Waals surface area contributed by atoms with Crippen LogP contribution < -0.4 is 5.32 Å². The smallest absolute Gasteiger partial charge is 0.225 e. The summed E-state index contributed by atoms with van der Waals surface area (Å²) in [7, 11) is 0. The summed E-state index contributed by atoms with van der Waals surface area (Å²) >= 11 is 0. The van der Waals surface area contributed by atoms with E-state index >= 15 is 0 Å². The fourth-order valence-corrected chi connectivity index (χ4v) is 3.77. The quantitative estimate of drug-likeness (QED) is 0.799. The molecule has 1 N–H and O–H groups in total. The van der Waals surface area contributed by atoms with Gasteiger partial charge < -0.3 is 10.2 Å². The number of aromatic nitrogens is 4. The Kier molecular flexibility index (Phi) is 6.03. The maximum Gasteiger partial charge on any atom is 0.225 e. The molecule has 0 spiro atoms. The summed E-state index contributed by atoms with van der Waals surface area (Å²) in [5, 5.41) is 7.53. The average Bonchev–Trinajstić information content (AvgIpc) is 3.28. The van der Waals surface area contributed by atoms with Crippen LogP contribution in [0.4, 0.5) is 0 Å². The van der Waals surface area contributed by atoms with E-state index in [1.165, 1.54) is 6.92 Å². The van der Waals surface area contributed by atoms with E-state index in [0.717, 1.165) is 42.7 Å². The Balaban J connectivity index is 1.79. The SMILES string of the molecule is CCC(CC)C(=O)N1CCC(c2nn(CCNC(C)=O)c3nccnc23)C1. The molecule has 3 rings (SSSR count). The van der Waals surface area contributed by atoms with Crippen molar-refractivity contribution in [1.29, 1.82) is 0 Å². The molecule has 3 heterocycles. The number of carbonyl (C=O) groups excluding carboxylic acids is 2. The number of hydrogen-bond acceptors (Lipinski definition) is 5. The molecule has 1 aliphatic heterocycles. The van der Waals surface area contributed by atoms with E-state index in [9.17, 15) is 9.59 Å². The van der Waals surface area contributed by atoms with Gasteiger partial charge in [0.15, 0.2) is 5.65 Å². The van der Waals surface area contributed by atoms with Gasteiger partial charge in [-0.1, -0.05) is 13.8 Å². The molecule has 1 unspecified atom stereocenters. The van der Waals surface area contributed by atoms with E-state index in [1.807, 2.05) is 4.90 Å².